The zero-order valence-corrected chi connectivity index (χ0v) is 19.2. The van der Waals surface area contributed by atoms with Gasteiger partial charge in [-0.15, -0.1) is 0 Å². The molecule has 0 fully saturated rings. The zero-order valence-electron chi connectivity index (χ0n) is 17.5. The van der Waals surface area contributed by atoms with Crippen molar-refractivity contribution >= 4 is 31.4 Å². The van der Waals surface area contributed by atoms with Crippen molar-refractivity contribution in [2.75, 3.05) is 13.1 Å². The van der Waals surface area contributed by atoms with Gasteiger partial charge in [-0.2, -0.15) is 0 Å². The maximum Gasteiger partial charge on any atom is 0.269 e. The highest BCUT2D eigenvalue weighted by atomic mass is 32.2. The molecule has 2 aromatic carbocycles. The molecule has 0 heterocycles. The van der Waals surface area contributed by atoms with Crippen LogP contribution in [0.4, 0.5) is 11.4 Å². The van der Waals surface area contributed by atoms with Crippen LogP contribution in [0.25, 0.3) is 0 Å². The largest absolute Gasteiger partial charge is 0.269 e. The highest BCUT2D eigenvalue weighted by Crippen LogP contribution is 2.17. The van der Waals surface area contributed by atoms with E-state index in [-0.39, 0.29) is 34.3 Å². The minimum absolute atomic E-state index is 0.0478. The third-order valence-electron chi connectivity index (χ3n) is 4.65. The second kappa shape index (κ2) is 11.8. The number of benzene rings is 2. The molecule has 180 valence electrons. The van der Waals surface area contributed by atoms with Gasteiger partial charge >= 0.3 is 0 Å². The molecule has 12 nitrogen and oxygen atoms in total. The summed E-state index contributed by atoms with van der Waals surface area (Å²) in [6.45, 7) is 0.429. The minimum atomic E-state index is -3.74. The van der Waals surface area contributed by atoms with Crippen LogP contribution in [0.3, 0.4) is 0 Å². The number of nitrogens with zero attached hydrogens (tertiary/aromatic N) is 2. The van der Waals surface area contributed by atoms with Crippen molar-refractivity contribution in [2.24, 2.45) is 0 Å². The number of rotatable bonds is 14. The molecule has 0 saturated heterocycles. The van der Waals surface area contributed by atoms with Gasteiger partial charge in [0.15, 0.2) is 0 Å². The predicted molar refractivity (Wildman–Crippen MR) is 120 cm³/mol. The van der Waals surface area contributed by atoms with E-state index in [0.29, 0.717) is 12.8 Å². The normalized spacial score (nSPS) is 11.9. The number of nitro groups is 2. The molecule has 33 heavy (non-hydrogen) atoms. The van der Waals surface area contributed by atoms with E-state index in [2.05, 4.69) is 9.44 Å². The lowest BCUT2D eigenvalue weighted by Gasteiger charge is -2.08. The first-order valence-corrected chi connectivity index (χ1v) is 13.0. The van der Waals surface area contributed by atoms with Crippen LogP contribution in [0, 0.1) is 20.2 Å². The molecule has 0 aliphatic heterocycles. The number of unbranched alkanes of at least 4 members (excludes halogenated alkanes) is 4. The summed E-state index contributed by atoms with van der Waals surface area (Å²) in [5, 5.41) is 21.3. The number of non-ortho nitro benzene ring substituents is 2. The molecule has 0 saturated carbocycles. The second-order valence-electron chi connectivity index (χ2n) is 7.07. The van der Waals surface area contributed by atoms with E-state index in [4.69, 9.17) is 0 Å². The Balaban J connectivity index is 1.62. The Morgan fingerprint density at radius 2 is 0.879 bits per heavy atom. The molecule has 0 spiro atoms. The van der Waals surface area contributed by atoms with Gasteiger partial charge < -0.3 is 0 Å². The van der Waals surface area contributed by atoms with Gasteiger partial charge in [0.05, 0.1) is 19.6 Å². The lowest BCUT2D eigenvalue weighted by Crippen LogP contribution is -2.25. The van der Waals surface area contributed by atoms with Crippen LogP contribution in [-0.2, 0) is 20.0 Å². The maximum atomic E-state index is 12.2. The smallest absolute Gasteiger partial charge is 0.258 e. The number of sulfonamides is 2. The van der Waals surface area contributed by atoms with Crippen molar-refractivity contribution in [3.05, 3.63) is 68.8 Å². The van der Waals surface area contributed by atoms with Gasteiger partial charge in [-0.25, -0.2) is 26.3 Å². The van der Waals surface area contributed by atoms with Crippen LogP contribution in [0.1, 0.15) is 32.1 Å². The third kappa shape index (κ3) is 8.16. The lowest BCUT2D eigenvalue weighted by atomic mass is 10.1. The molecular weight excluding hydrogens is 476 g/mol. The van der Waals surface area contributed by atoms with E-state index in [1.165, 1.54) is 24.3 Å². The monoisotopic (exact) mass is 500 g/mol. The van der Waals surface area contributed by atoms with Crippen LogP contribution in [-0.4, -0.2) is 39.8 Å². The fourth-order valence-electron chi connectivity index (χ4n) is 2.85. The first-order valence-electron chi connectivity index (χ1n) is 10.0. The standard InChI is InChI=1S/C19H24N4O8S2/c24-22(25)16-6-10-18(11-7-16)32(28,29)20-14-4-2-1-3-5-15-21-33(30,31)19-12-8-17(9-13-19)23(26)27/h6-13,20-21H,1-5,14-15H2. The summed E-state index contributed by atoms with van der Waals surface area (Å²) >= 11 is 0. The summed E-state index contributed by atoms with van der Waals surface area (Å²) in [4.78, 5) is 20.0. The average Bonchev–Trinajstić information content (AvgIpc) is 2.78. The summed E-state index contributed by atoms with van der Waals surface area (Å²) in [6, 6.07) is 9.23. The summed E-state index contributed by atoms with van der Waals surface area (Å²) in [7, 11) is -7.48. The van der Waals surface area contributed by atoms with E-state index in [0.717, 1.165) is 43.5 Å². The van der Waals surface area contributed by atoms with Crippen LogP contribution in [0.2, 0.25) is 0 Å². The fraction of sp³-hybridized carbons (Fsp3) is 0.368. The molecule has 14 heteroatoms. The van der Waals surface area contributed by atoms with Crippen molar-refractivity contribution < 1.29 is 26.7 Å². The van der Waals surface area contributed by atoms with Gasteiger partial charge in [0, 0.05) is 37.4 Å². The predicted octanol–water partition coefficient (Wildman–Crippen LogP) is 2.71. The molecule has 0 radical (unpaired) electrons. The number of nitro benzene ring substituents is 2. The molecule has 0 amide bonds. The molecule has 0 unspecified atom stereocenters. The summed E-state index contributed by atoms with van der Waals surface area (Å²) in [6.07, 6.45) is 3.41. The third-order valence-corrected chi connectivity index (χ3v) is 7.61. The molecule has 2 N–H and O–H groups in total. The molecule has 0 aliphatic carbocycles. The Hall–Kier alpha value is -2.94. The molecule has 0 aromatic heterocycles. The van der Waals surface area contributed by atoms with E-state index >= 15 is 0 Å². The fourth-order valence-corrected chi connectivity index (χ4v) is 5.00. The van der Waals surface area contributed by atoms with Crippen molar-refractivity contribution in [2.45, 2.75) is 41.9 Å². The van der Waals surface area contributed by atoms with Crippen LogP contribution < -0.4 is 9.44 Å². The molecule has 2 rings (SSSR count). The van der Waals surface area contributed by atoms with Crippen molar-refractivity contribution in [1.29, 1.82) is 0 Å². The Morgan fingerprint density at radius 3 is 1.18 bits per heavy atom. The van der Waals surface area contributed by atoms with Crippen molar-refractivity contribution in [3.8, 4) is 0 Å². The van der Waals surface area contributed by atoms with Gasteiger partial charge in [0.2, 0.25) is 20.0 Å². The summed E-state index contributed by atoms with van der Waals surface area (Å²) < 4.78 is 53.6. The van der Waals surface area contributed by atoms with Crippen LogP contribution >= 0.6 is 0 Å². The minimum Gasteiger partial charge on any atom is -0.258 e. The van der Waals surface area contributed by atoms with E-state index in [1.807, 2.05) is 0 Å². The zero-order chi connectivity index (χ0) is 24.5. The first-order chi connectivity index (χ1) is 15.5. The van der Waals surface area contributed by atoms with Gasteiger partial charge in [-0.1, -0.05) is 19.3 Å². The van der Waals surface area contributed by atoms with Gasteiger partial charge in [-0.05, 0) is 37.1 Å². The molecule has 0 aliphatic rings. The SMILES string of the molecule is O=[N+]([O-])c1ccc(S(=O)(=O)NCCCCCCCNS(=O)(=O)c2ccc([N+](=O)[O-])cc2)cc1. The maximum absolute atomic E-state index is 12.2. The van der Waals surface area contributed by atoms with Crippen molar-refractivity contribution in [3.63, 3.8) is 0 Å². The Labute approximate surface area is 191 Å². The Bertz CT molecular complexity index is 1070. The van der Waals surface area contributed by atoms with E-state index < -0.39 is 29.9 Å². The Morgan fingerprint density at radius 1 is 0.576 bits per heavy atom. The van der Waals surface area contributed by atoms with E-state index in [1.54, 1.807) is 0 Å². The van der Waals surface area contributed by atoms with Gasteiger partial charge in [-0.3, -0.25) is 20.2 Å². The first kappa shape index (κ1) is 26.3. The molecular formula is C19H24N4O8S2. The van der Waals surface area contributed by atoms with Gasteiger partial charge in [0.1, 0.15) is 0 Å². The van der Waals surface area contributed by atoms with Crippen LogP contribution in [0.5, 0.6) is 0 Å². The topological polar surface area (TPSA) is 179 Å². The van der Waals surface area contributed by atoms with Crippen LogP contribution in [0.15, 0.2) is 58.3 Å². The lowest BCUT2D eigenvalue weighted by molar-refractivity contribution is -0.385. The van der Waals surface area contributed by atoms with E-state index in [9.17, 15) is 37.1 Å². The molecule has 0 atom stereocenters. The highest BCUT2D eigenvalue weighted by Gasteiger charge is 2.16. The summed E-state index contributed by atoms with van der Waals surface area (Å²) in [5.74, 6) is 0. The van der Waals surface area contributed by atoms with Crippen molar-refractivity contribution in [1.82, 2.24) is 9.44 Å². The average molecular weight is 501 g/mol. The molecule has 0 bridgehead atoms. The molecule has 2 aromatic rings. The summed E-state index contributed by atoms with van der Waals surface area (Å²) in [5.41, 5.74) is -0.382. The second-order valence-corrected chi connectivity index (χ2v) is 10.6. The van der Waals surface area contributed by atoms with Gasteiger partial charge in [0.25, 0.3) is 11.4 Å². The number of nitrogens with one attached hydrogen (secondary N) is 2. The Kier molecular flexibility index (Phi) is 9.40. The number of hydrogen-bond acceptors (Lipinski definition) is 8. The quantitative estimate of drug-likeness (QED) is 0.226. The highest BCUT2D eigenvalue weighted by molar-refractivity contribution is 7.89. The number of hydrogen-bond donors (Lipinski definition) is 2.